The number of Topliss-reactive ketones (excluding diaryl/α,β-unsaturated/α-hetero) is 1. The third-order valence-corrected chi connectivity index (χ3v) is 3.20. The minimum atomic E-state index is -0.247. The van der Waals surface area contributed by atoms with Crippen LogP contribution in [0.4, 0.5) is 0 Å². The van der Waals surface area contributed by atoms with Gasteiger partial charge in [0.2, 0.25) is 0 Å². The maximum atomic E-state index is 12.0. The van der Waals surface area contributed by atoms with Crippen molar-refractivity contribution in [3.8, 4) is 0 Å². The van der Waals surface area contributed by atoms with E-state index in [0.717, 1.165) is 6.42 Å². The van der Waals surface area contributed by atoms with Crippen LogP contribution in [0.15, 0.2) is 30.3 Å². The zero-order valence-electron chi connectivity index (χ0n) is 9.85. The topological polar surface area (TPSA) is 26.3 Å². The van der Waals surface area contributed by atoms with Crippen LogP contribution in [-0.4, -0.2) is 18.5 Å². The summed E-state index contributed by atoms with van der Waals surface area (Å²) < 4.78 is 5.34. The summed E-state index contributed by atoms with van der Waals surface area (Å²) in [5.74, 6) is 0.872. The lowest BCUT2D eigenvalue weighted by Gasteiger charge is -2.09. The Hall–Kier alpha value is -1.15. The van der Waals surface area contributed by atoms with Gasteiger partial charge in [-0.15, -0.1) is 0 Å². The molecule has 0 aromatic heterocycles. The minimum absolute atomic E-state index is 0.184. The van der Waals surface area contributed by atoms with Crippen LogP contribution in [-0.2, 0) is 9.53 Å². The van der Waals surface area contributed by atoms with Crippen LogP contribution in [0.1, 0.15) is 31.7 Å². The van der Waals surface area contributed by atoms with E-state index in [4.69, 9.17) is 4.74 Å². The second kappa shape index (κ2) is 4.79. The van der Waals surface area contributed by atoms with Gasteiger partial charge in [0.05, 0.1) is 0 Å². The standard InChI is InChI=1S/C14H18O2/c1-3-16-10(2)14(15)13-9-12(13)11-7-5-4-6-8-11/h4-8,10,12-13H,3,9H2,1-2H3. The van der Waals surface area contributed by atoms with E-state index in [9.17, 15) is 4.79 Å². The second-order valence-corrected chi connectivity index (χ2v) is 4.36. The fraction of sp³-hybridized carbons (Fsp3) is 0.500. The molecule has 0 bridgehead atoms. The molecule has 16 heavy (non-hydrogen) atoms. The first kappa shape index (κ1) is 11.3. The summed E-state index contributed by atoms with van der Waals surface area (Å²) in [4.78, 5) is 12.0. The molecule has 0 spiro atoms. The fourth-order valence-corrected chi connectivity index (χ4v) is 2.21. The number of rotatable bonds is 5. The van der Waals surface area contributed by atoms with Crippen molar-refractivity contribution in [3.63, 3.8) is 0 Å². The Labute approximate surface area is 96.6 Å². The third kappa shape index (κ3) is 2.33. The zero-order valence-corrected chi connectivity index (χ0v) is 9.85. The average Bonchev–Trinajstić information content (AvgIpc) is 3.09. The van der Waals surface area contributed by atoms with Gasteiger partial charge in [-0.1, -0.05) is 30.3 Å². The normalized spacial score (nSPS) is 25.1. The molecular formula is C14H18O2. The molecule has 2 nitrogen and oxygen atoms in total. The van der Waals surface area contributed by atoms with Crippen LogP contribution >= 0.6 is 0 Å². The van der Waals surface area contributed by atoms with Crippen molar-refractivity contribution in [2.45, 2.75) is 32.3 Å². The largest absolute Gasteiger partial charge is 0.371 e. The maximum absolute atomic E-state index is 12.0. The highest BCUT2D eigenvalue weighted by Crippen LogP contribution is 2.48. The molecule has 3 unspecified atom stereocenters. The number of hydrogen-bond acceptors (Lipinski definition) is 2. The first-order valence-corrected chi connectivity index (χ1v) is 5.94. The minimum Gasteiger partial charge on any atom is -0.371 e. The number of carbonyl (C=O) groups is 1. The predicted octanol–water partition coefficient (Wildman–Crippen LogP) is 2.78. The molecular weight excluding hydrogens is 200 g/mol. The zero-order chi connectivity index (χ0) is 11.5. The van der Waals surface area contributed by atoms with Crippen LogP contribution in [0, 0.1) is 5.92 Å². The Morgan fingerprint density at radius 1 is 1.44 bits per heavy atom. The van der Waals surface area contributed by atoms with E-state index in [1.165, 1.54) is 5.56 Å². The smallest absolute Gasteiger partial charge is 0.164 e. The third-order valence-electron chi connectivity index (χ3n) is 3.20. The highest BCUT2D eigenvalue weighted by Gasteiger charge is 2.45. The van der Waals surface area contributed by atoms with Crippen LogP contribution in [0.5, 0.6) is 0 Å². The Morgan fingerprint density at radius 3 is 2.75 bits per heavy atom. The molecule has 86 valence electrons. The van der Waals surface area contributed by atoms with Crippen molar-refractivity contribution >= 4 is 5.78 Å². The average molecular weight is 218 g/mol. The molecule has 0 aliphatic heterocycles. The lowest BCUT2D eigenvalue weighted by molar-refractivity contribution is -0.130. The molecule has 2 rings (SSSR count). The lowest BCUT2D eigenvalue weighted by atomic mass is 10.1. The van der Waals surface area contributed by atoms with E-state index < -0.39 is 0 Å². The quantitative estimate of drug-likeness (QED) is 0.759. The van der Waals surface area contributed by atoms with Crippen LogP contribution in [0.25, 0.3) is 0 Å². The highest BCUT2D eigenvalue weighted by atomic mass is 16.5. The number of carbonyl (C=O) groups excluding carboxylic acids is 1. The van der Waals surface area contributed by atoms with Gasteiger partial charge < -0.3 is 4.74 Å². The molecule has 1 aliphatic rings. The molecule has 0 saturated heterocycles. The molecule has 0 heterocycles. The van der Waals surface area contributed by atoms with E-state index in [1.807, 2.05) is 32.0 Å². The molecule has 1 saturated carbocycles. The van der Waals surface area contributed by atoms with E-state index in [1.54, 1.807) is 0 Å². The molecule has 1 fully saturated rings. The van der Waals surface area contributed by atoms with E-state index in [0.29, 0.717) is 12.5 Å². The molecule has 1 aromatic rings. The summed E-state index contributed by atoms with van der Waals surface area (Å²) in [6, 6.07) is 10.3. The predicted molar refractivity (Wildman–Crippen MR) is 63.4 cm³/mol. The molecule has 3 atom stereocenters. The summed E-state index contributed by atoms with van der Waals surface area (Å²) >= 11 is 0. The molecule has 0 radical (unpaired) electrons. The molecule has 1 aliphatic carbocycles. The Morgan fingerprint density at radius 2 is 2.12 bits per heavy atom. The summed E-state index contributed by atoms with van der Waals surface area (Å²) in [5, 5.41) is 0. The van der Waals surface area contributed by atoms with Gasteiger partial charge in [-0.25, -0.2) is 0 Å². The number of ether oxygens (including phenoxy) is 1. The van der Waals surface area contributed by atoms with Crippen molar-refractivity contribution in [1.82, 2.24) is 0 Å². The van der Waals surface area contributed by atoms with Crippen molar-refractivity contribution in [1.29, 1.82) is 0 Å². The first-order valence-electron chi connectivity index (χ1n) is 5.94. The molecule has 0 N–H and O–H groups in total. The monoisotopic (exact) mass is 218 g/mol. The van der Waals surface area contributed by atoms with Crippen LogP contribution in [0.3, 0.4) is 0 Å². The Kier molecular flexibility index (Phi) is 3.39. The van der Waals surface area contributed by atoms with Gasteiger partial charge in [-0.2, -0.15) is 0 Å². The second-order valence-electron chi connectivity index (χ2n) is 4.36. The van der Waals surface area contributed by atoms with E-state index >= 15 is 0 Å². The molecule has 2 heteroatoms. The van der Waals surface area contributed by atoms with Gasteiger partial charge in [0, 0.05) is 12.5 Å². The van der Waals surface area contributed by atoms with E-state index in [2.05, 4.69) is 12.1 Å². The molecule has 1 aromatic carbocycles. The summed E-state index contributed by atoms with van der Waals surface area (Å²) in [6.45, 7) is 4.38. The van der Waals surface area contributed by atoms with Crippen LogP contribution < -0.4 is 0 Å². The number of hydrogen-bond donors (Lipinski definition) is 0. The highest BCUT2D eigenvalue weighted by molar-refractivity contribution is 5.88. The first-order chi connectivity index (χ1) is 7.74. The summed E-state index contributed by atoms with van der Waals surface area (Å²) in [7, 11) is 0. The van der Waals surface area contributed by atoms with Gasteiger partial charge in [-0.05, 0) is 31.7 Å². The number of ketones is 1. The van der Waals surface area contributed by atoms with Crippen molar-refractivity contribution < 1.29 is 9.53 Å². The fourth-order valence-electron chi connectivity index (χ4n) is 2.21. The summed E-state index contributed by atoms with van der Waals surface area (Å²) in [5.41, 5.74) is 1.28. The molecule has 0 amide bonds. The van der Waals surface area contributed by atoms with Crippen molar-refractivity contribution in [3.05, 3.63) is 35.9 Å². The van der Waals surface area contributed by atoms with Gasteiger partial charge in [0.25, 0.3) is 0 Å². The van der Waals surface area contributed by atoms with Gasteiger partial charge in [0.15, 0.2) is 5.78 Å². The lowest BCUT2D eigenvalue weighted by Crippen LogP contribution is -2.22. The van der Waals surface area contributed by atoms with Crippen LogP contribution in [0.2, 0.25) is 0 Å². The number of benzene rings is 1. The maximum Gasteiger partial charge on any atom is 0.164 e. The van der Waals surface area contributed by atoms with E-state index in [-0.39, 0.29) is 17.8 Å². The SMILES string of the molecule is CCOC(C)C(=O)C1CC1c1ccccc1. The van der Waals surface area contributed by atoms with Crippen molar-refractivity contribution in [2.24, 2.45) is 5.92 Å². The van der Waals surface area contributed by atoms with Gasteiger partial charge >= 0.3 is 0 Å². The Balaban J connectivity index is 1.94. The van der Waals surface area contributed by atoms with Crippen molar-refractivity contribution in [2.75, 3.05) is 6.61 Å². The van der Waals surface area contributed by atoms with Gasteiger partial charge in [-0.3, -0.25) is 4.79 Å². The Bertz CT molecular complexity index is 358. The summed E-state index contributed by atoms with van der Waals surface area (Å²) in [6.07, 6.45) is 0.740. The van der Waals surface area contributed by atoms with Gasteiger partial charge in [0.1, 0.15) is 6.10 Å².